The average molecular weight is 383 g/mol. The van der Waals surface area contributed by atoms with Crippen molar-refractivity contribution < 1.29 is 25.2 Å². The summed E-state index contributed by atoms with van der Waals surface area (Å²) in [6.45, 7) is 3.34. The Hall–Kier alpha value is -1.24. The van der Waals surface area contributed by atoms with Crippen molar-refractivity contribution in [3.05, 3.63) is 48.6 Å². The van der Waals surface area contributed by atoms with Gasteiger partial charge in [0.1, 0.15) is 24.4 Å². The van der Waals surface area contributed by atoms with Crippen molar-refractivity contribution in [2.24, 2.45) is 0 Å². The Morgan fingerprint density at radius 2 is 1.11 bits per heavy atom. The Morgan fingerprint density at radius 3 is 1.44 bits per heavy atom. The van der Waals surface area contributed by atoms with E-state index in [1.807, 2.05) is 24.3 Å². The van der Waals surface area contributed by atoms with Gasteiger partial charge in [-0.1, -0.05) is 88.1 Å². The first kappa shape index (κ1) is 25.8. The summed E-state index contributed by atoms with van der Waals surface area (Å²) in [7, 11) is 0. The fourth-order valence-electron chi connectivity index (χ4n) is 2.26. The molecule has 0 aromatic heterocycles. The molecule has 0 heterocycles. The second kappa shape index (κ2) is 18.1. The number of unbranched alkanes of at least 4 members (excludes halogenated alkanes) is 4. The number of aliphatic hydroxyl groups excluding tert-OH is 4. The molecule has 0 fully saturated rings. The molecule has 0 aliphatic heterocycles. The number of hydrogen-bond acceptors (Lipinski definition) is 5. The van der Waals surface area contributed by atoms with Crippen LogP contribution in [0.25, 0.3) is 0 Å². The van der Waals surface area contributed by atoms with Gasteiger partial charge in [-0.3, -0.25) is 0 Å². The molecule has 4 unspecified atom stereocenters. The molecule has 5 nitrogen and oxygen atoms in total. The molecule has 0 aromatic rings. The molecule has 4 atom stereocenters. The topological polar surface area (TPSA) is 90.2 Å². The summed E-state index contributed by atoms with van der Waals surface area (Å²) < 4.78 is 5.75. The van der Waals surface area contributed by atoms with Crippen LogP contribution in [0.3, 0.4) is 0 Å². The van der Waals surface area contributed by atoms with Crippen LogP contribution in [0.1, 0.15) is 52.4 Å². The van der Waals surface area contributed by atoms with Crippen LogP contribution in [0.4, 0.5) is 0 Å². The van der Waals surface area contributed by atoms with Crippen molar-refractivity contribution in [1.82, 2.24) is 0 Å². The number of aliphatic hydroxyl groups is 4. The maximum Gasteiger partial charge on any atom is 0.107 e. The lowest BCUT2D eigenvalue weighted by molar-refractivity contribution is -0.0970. The van der Waals surface area contributed by atoms with Crippen LogP contribution < -0.4 is 0 Å². The maximum absolute atomic E-state index is 10.00. The van der Waals surface area contributed by atoms with Crippen LogP contribution in [-0.4, -0.2) is 58.1 Å². The molecule has 0 bridgehead atoms. The summed E-state index contributed by atoms with van der Waals surface area (Å²) in [4.78, 5) is 0. The average Bonchev–Trinajstić information content (AvgIpc) is 2.69. The van der Waals surface area contributed by atoms with E-state index in [-0.39, 0.29) is 0 Å². The Balaban J connectivity index is 4.93. The van der Waals surface area contributed by atoms with Gasteiger partial charge in [0.2, 0.25) is 0 Å². The standard InChI is InChI=1S/C22H38O5/c1-3-5-7-9-11-13-15-21(19(25)17-23)27-22(20(26)18-24)16-14-12-10-8-6-4-2/h9-16,19-26H,3-8,17-18H2,1-2H3. The number of hydrogen-bond donors (Lipinski definition) is 4. The van der Waals surface area contributed by atoms with E-state index in [4.69, 9.17) is 4.74 Å². The Labute approximate surface area is 164 Å². The second-order valence-electron chi connectivity index (χ2n) is 6.48. The molecular weight excluding hydrogens is 344 g/mol. The van der Waals surface area contributed by atoms with Gasteiger partial charge in [0.05, 0.1) is 13.2 Å². The number of rotatable bonds is 16. The lowest BCUT2D eigenvalue weighted by atomic mass is 10.1. The second-order valence-corrected chi connectivity index (χ2v) is 6.48. The van der Waals surface area contributed by atoms with Gasteiger partial charge in [-0.2, -0.15) is 0 Å². The molecule has 0 saturated carbocycles. The van der Waals surface area contributed by atoms with Crippen molar-refractivity contribution in [2.75, 3.05) is 13.2 Å². The van der Waals surface area contributed by atoms with Gasteiger partial charge in [0, 0.05) is 0 Å². The monoisotopic (exact) mass is 382 g/mol. The highest BCUT2D eigenvalue weighted by Gasteiger charge is 2.24. The first-order valence-corrected chi connectivity index (χ1v) is 10.0. The van der Waals surface area contributed by atoms with Crippen molar-refractivity contribution in [3.63, 3.8) is 0 Å². The van der Waals surface area contributed by atoms with Gasteiger partial charge in [-0.05, 0) is 12.8 Å². The summed E-state index contributed by atoms with van der Waals surface area (Å²) in [5, 5.41) is 38.5. The Morgan fingerprint density at radius 1 is 0.704 bits per heavy atom. The van der Waals surface area contributed by atoms with E-state index in [0.717, 1.165) is 38.5 Å². The van der Waals surface area contributed by atoms with Crippen molar-refractivity contribution in [1.29, 1.82) is 0 Å². The minimum atomic E-state index is -1.12. The Bertz CT molecular complexity index is 402. The SMILES string of the molecule is CCCCC=CC=CC(OC(C=CC=CCCCC)C(O)CO)C(O)CO. The van der Waals surface area contributed by atoms with Gasteiger partial charge in [-0.15, -0.1) is 0 Å². The summed E-state index contributed by atoms with van der Waals surface area (Å²) in [6.07, 6.45) is 17.2. The fraction of sp³-hybridized carbons (Fsp3) is 0.636. The highest BCUT2D eigenvalue weighted by Crippen LogP contribution is 2.11. The molecule has 0 aliphatic rings. The van der Waals surface area contributed by atoms with E-state index < -0.39 is 37.6 Å². The molecule has 0 aliphatic carbocycles. The lowest BCUT2D eigenvalue weighted by Crippen LogP contribution is -2.39. The highest BCUT2D eigenvalue weighted by molar-refractivity contribution is 5.09. The molecule has 5 heteroatoms. The van der Waals surface area contributed by atoms with Gasteiger partial charge >= 0.3 is 0 Å². The van der Waals surface area contributed by atoms with Gasteiger partial charge in [0.25, 0.3) is 0 Å². The van der Waals surface area contributed by atoms with Crippen LogP contribution >= 0.6 is 0 Å². The zero-order valence-electron chi connectivity index (χ0n) is 16.8. The quantitative estimate of drug-likeness (QED) is 0.243. The van der Waals surface area contributed by atoms with Crippen LogP contribution in [0.2, 0.25) is 0 Å². The van der Waals surface area contributed by atoms with Gasteiger partial charge < -0.3 is 25.2 Å². The number of ether oxygens (including phenoxy) is 1. The molecule has 27 heavy (non-hydrogen) atoms. The van der Waals surface area contributed by atoms with Crippen LogP contribution in [0, 0.1) is 0 Å². The summed E-state index contributed by atoms with van der Waals surface area (Å²) in [6, 6.07) is 0. The fourth-order valence-corrected chi connectivity index (χ4v) is 2.26. The predicted octanol–water partition coefficient (Wildman–Crippen LogP) is 3.05. The van der Waals surface area contributed by atoms with E-state index in [2.05, 4.69) is 13.8 Å². The third kappa shape index (κ3) is 13.6. The van der Waals surface area contributed by atoms with E-state index in [0.29, 0.717) is 0 Å². The minimum Gasteiger partial charge on any atom is -0.394 e. The van der Waals surface area contributed by atoms with E-state index in [9.17, 15) is 20.4 Å². The molecule has 0 amide bonds. The maximum atomic E-state index is 10.00. The van der Waals surface area contributed by atoms with Crippen molar-refractivity contribution in [2.45, 2.75) is 76.8 Å². The molecule has 0 aromatic carbocycles. The highest BCUT2D eigenvalue weighted by atomic mass is 16.5. The molecule has 0 spiro atoms. The largest absolute Gasteiger partial charge is 0.394 e. The van der Waals surface area contributed by atoms with Crippen LogP contribution in [0.5, 0.6) is 0 Å². The van der Waals surface area contributed by atoms with E-state index >= 15 is 0 Å². The van der Waals surface area contributed by atoms with Gasteiger partial charge in [-0.25, -0.2) is 0 Å². The molecule has 0 rings (SSSR count). The molecule has 0 radical (unpaired) electrons. The zero-order valence-corrected chi connectivity index (χ0v) is 16.8. The lowest BCUT2D eigenvalue weighted by Gasteiger charge is -2.26. The summed E-state index contributed by atoms with van der Waals surface area (Å²) >= 11 is 0. The molecule has 156 valence electrons. The first-order valence-electron chi connectivity index (χ1n) is 10.0. The molecule has 0 saturated heterocycles. The number of allylic oxidation sites excluding steroid dienone is 6. The first-order chi connectivity index (χ1) is 13.1. The normalized spacial score (nSPS) is 17.4. The summed E-state index contributed by atoms with van der Waals surface area (Å²) in [5.41, 5.74) is 0. The van der Waals surface area contributed by atoms with Crippen LogP contribution in [0.15, 0.2) is 48.6 Å². The van der Waals surface area contributed by atoms with E-state index in [1.54, 1.807) is 24.3 Å². The third-order valence-electron chi connectivity index (χ3n) is 3.99. The third-order valence-corrected chi connectivity index (χ3v) is 3.99. The smallest absolute Gasteiger partial charge is 0.107 e. The minimum absolute atomic E-state index is 0.461. The van der Waals surface area contributed by atoms with Crippen LogP contribution in [-0.2, 0) is 4.74 Å². The summed E-state index contributed by atoms with van der Waals surface area (Å²) in [5.74, 6) is 0. The van der Waals surface area contributed by atoms with Crippen molar-refractivity contribution >= 4 is 0 Å². The zero-order chi connectivity index (χ0) is 20.3. The predicted molar refractivity (Wildman–Crippen MR) is 110 cm³/mol. The molecule has 4 N–H and O–H groups in total. The Kier molecular flexibility index (Phi) is 17.3. The van der Waals surface area contributed by atoms with Crippen molar-refractivity contribution in [3.8, 4) is 0 Å². The van der Waals surface area contributed by atoms with Gasteiger partial charge in [0.15, 0.2) is 0 Å². The van der Waals surface area contributed by atoms with E-state index in [1.165, 1.54) is 0 Å². The molecular formula is C22H38O5.